The Bertz CT molecular complexity index is 215. The SMILES string of the molecule is CCC(C)CN(CC)CCC1CCCC1=O. The van der Waals surface area contributed by atoms with Crippen molar-refractivity contribution in [1.29, 1.82) is 0 Å². The maximum absolute atomic E-state index is 11.5. The van der Waals surface area contributed by atoms with Crippen LogP contribution in [0.25, 0.3) is 0 Å². The molecule has 0 aromatic carbocycles. The van der Waals surface area contributed by atoms with Crippen molar-refractivity contribution in [3.05, 3.63) is 0 Å². The van der Waals surface area contributed by atoms with Crippen molar-refractivity contribution in [3.8, 4) is 0 Å². The van der Waals surface area contributed by atoms with Gasteiger partial charge < -0.3 is 4.90 Å². The fourth-order valence-electron chi connectivity index (χ4n) is 2.48. The molecule has 0 N–H and O–H groups in total. The summed E-state index contributed by atoms with van der Waals surface area (Å²) in [4.78, 5) is 14.0. The maximum Gasteiger partial charge on any atom is 0.136 e. The normalized spacial score (nSPS) is 23.0. The molecule has 1 fully saturated rings. The molecule has 2 atom stereocenters. The molecule has 2 nitrogen and oxygen atoms in total. The summed E-state index contributed by atoms with van der Waals surface area (Å²) >= 11 is 0. The highest BCUT2D eigenvalue weighted by atomic mass is 16.1. The minimum Gasteiger partial charge on any atom is -0.303 e. The van der Waals surface area contributed by atoms with Crippen LogP contribution < -0.4 is 0 Å². The predicted octanol–water partition coefficient (Wildman–Crippen LogP) is 3.11. The Balaban J connectivity index is 2.25. The molecular weight excluding hydrogens is 198 g/mol. The number of rotatable bonds is 7. The number of ketones is 1. The molecule has 0 saturated heterocycles. The van der Waals surface area contributed by atoms with Crippen molar-refractivity contribution in [2.75, 3.05) is 19.6 Å². The zero-order valence-electron chi connectivity index (χ0n) is 11.2. The third-order valence-corrected chi connectivity index (χ3v) is 3.94. The van der Waals surface area contributed by atoms with E-state index in [0.717, 1.165) is 44.7 Å². The van der Waals surface area contributed by atoms with Gasteiger partial charge in [-0.25, -0.2) is 0 Å². The lowest BCUT2D eigenvalue weighted by molar-refractivity contribution is -0.120. The molecule has 1 aliphatic carbocycles. The van der Waals surface area contributed by atoms with Crippen LogP contribution in [-0.4, -0.2) is 30.3 Å². The lowest BCUT2D eigenvalue weighted by Gasteiger charge is -2.24. The van der Waals surface area contributed by atoms with Gasteiger partial charge in [0.05, 0.1) is 0 Å². The van der Waals surface area contributed by atoms with Gasteiger partial charge in [0.15, 0.2) is 0 Å². The van der Waals surface area contributed by atoms with Crippen molar-refractivity contribution < 1.29 is 4.79 Å². The molecule has 0 spiro atoms. The van der Waals surface area contributed by atoms with Crippen molar-refractivity contribution >= 4 is 5.78 Å². The molecule has 2 unspecified atom stereocenters. The Labute approximate surface area is 100 Å². The minimum absolute atomic E-state index is 0.381. The van der Waals surface area contributed by atoms with Crippen molar-refractivity contribution in [2.24, 2.45) is 11.8 Å². The fraction of sp³-hybridized carbons (Fsp3) is 0.929. The first kappa shape index (κ1) is 13.7. The largest absolute Gasteiger partial charge is 0.303 e. The molecule has 1 rings (SSSR count). The Morgan fingerprint density at radius 2 is 2.19 bits per heavy atom. The molecule has 1 saturated carbocycles. The van der Waals surface area contributed by atoms with Gasteiger partial charge in [-0.05, 0) is 38.3 Å². The second kappa shape index (κ2) is 7.05. The summed E-state index contributed by atoms with van der Waals surface area (Å²) in [7, 11) is 0. The third kappa shape index (κ3) is 4.25. The van der Waals surface area contributed by atoms with E-state index in [2.05, 4.69) is 25.7 Å². The highest BCUT2D eigenvalue weighted by Gasteiger charge is 2.24. The Morgan fingerprint density at radius 3 is 2.69 bits per heavy atom. The molecule has 0 aromatic heterocycles. The lowest BCUT2D eigenvalue weighted by Crippen LogP contribution is -2.30. The van der Waals surface area contributed by atoms with E-state index in [-0.39, 0.29) is 0 Å². The van der Waals surface area contributed by atoms with E-state index in [1.165, 1.54) is 13.0 Å². The quantitative estimate of drug-likeness (QED) is 0.663. The molecule has 0 heterocycles. The average molecular weight is 225 g/mol. The van der Waals surface area contributed by atoms with Crippen LogP contribution in [0.2, 0.25) is 0 Å². The first-order chi connectivity index (χ1) is 7.67. The van der Waals surface area contributed by atoms with Crippen LogP contribution in [-0.2, 0) is 4.79 Å². The predicted molar refractivity (Wildman–Crippen MR) is 68.5 cm³/mol. The first-order valence-electron chi connectivity index (χ1n) is 6.92. The zero-order valence-corrected chi connectivity index (χ0v) is 11.2. The number of hydrogen-bond acceptors (Lipinski definition) is 2. The van der Waals surface area contributed by atoms with Crippen LogP contribution in [0.5, 0.6) is 0 Å². The van der Waals surface area contributed by atoms with E-state index >= 15 is 0 Å². The van der Waals surface area contributed by atoms with Gasteiger partial charge >= 0.3 is 0 Å². The molecule has 0 bridgehead atoms. The summed E-state index contributed by atoms with van der Waals surface area (Å²) in [5.41, 5.74) is 0. The molecule has 0 radical (unpaired) electrons. The summed E-state index contributed by atoms with van der Waals surface area (Å²) in [6, 6.07) is 0. The summed E-state index contributed by atoms with van der Waals surface area (Å²) in [5, 5.41) is 0. The Hall–Kier alpha value is -0.370. The molecule has 0 aliphatic heterocycles. The summed E-state index contributed by atoms with van der Waals surface area (Å²) in [5.74, 6) is 1.67. The third-order valence-electron chi connectivity index (χ3n) is 3.94. The number of nitrogens with zero attached hydrogens (tertiary/aromatic N) is 1. The molecular formula is C14H27NO. The van der Waals surface area contributed by atoms with Crippen molar-refractivity contribution in [1.82, 2.24) is 4.90 Å². The van der Waals surface area contributed by atoms with E-state index in [4.69, 9.17) is 0 Å². The van der Waals surface area contributed by atoms with E-state index in [0.29, 0.717) is 11.7 Å². The highest BCUT2D eigenvalue weighted by molar-refractivity contribution is 5.82. The van der Waals surface area contributed by atoms with E-state index in [9.17, 15) is 4.79 Å². The molecule has 0 amide bonds. The number of carbonyl (C=O) groups excluding carboxylic acids is 1. The zero-order chi connectivity index (χ0) is 12.0. The van der Waals surface area contributed by atoms with Crippen LogP contribution in [0.4, 0.5) is 0 Å². The van der Waals surface area contributed by atoms with Gasteiger partial charge in [0.1, 0.15) is 5.78 Å². The standard InChI is InChI=1S/C14H27NO/c1-4-12(3)11-15(5-2)10-9-13-7-6-8-14(13)16/h12-13H,4-11H2,1-3H3. The smallest absolute Gasteiger partial charge is 0.136 e. The molecule has 94 valence electrons. The maximum atomic E-state index is 11.5. The van der Waals surface area contributed by atoms with Gasteiger partial charge in [-0.15, -0.1) is 0 Å². The fourth-order valence-corrected chi connectivity index (χ4v) is 2.48. The van der Waals surface area contributed by atoms with Crippen LogP contribution in [0.3, 0.4) is 0 Å². The summed E-state index contributed by atoms with van der Waals surface area (Å²) in [6.07, 6.45) is 5.44. The average Bonchev–Trinajstić information content (AvgIpc) is 2.69. The lowest BCUT2D eigenvalue weighted by atomic mass is 10.0. The summed E-state index contributed by atoms with van der Waals surface area (Å²) in [6.45, 7) is 10.2. The summed E-state index contributed by atoms with van der Waals surface area (Å²) < 4.78 is 0. The second-order valence-corrected chi connectivity index (χ2v) is 5.25. The van der Waals surface area contributed by atoms with Crippen LogP contribution in [0, 0.1) is 11.8 Å². The van der Waals surface area contributed by atoms with Crippen molar-refractivity contribution in [3.63, 3.8) is 0 Å². The number of Topliss-reactive ketones (excluding diaryl/α,β-unsaturated/α-hetero) is 1. The highest BCUT2D eigenvalue weighted by Crippen LogP contribution is 2.24. The van der Waals surface area contributed by atoms with Gasteiger partial charge in [0.2, 0.25) is 0 Å². The number of carbonyl (C=O) groups is 1. The Morgan fingerprint density at radius 1 is 1.44 bits per heavy atom. The minimum atomic E-state index is 0.381. The van der Waals surface area contributed by atoms with E-state index < -0.39 is 0 Å². The van der Waals surface area contributed by atoms with Gasteiger partial charge in [-0.1, -0.05) is 27.2 Å². The van der Waals surface area contributed by atoms with E-state index in [1.54, 1.807) is 0 Å². The molecule has 0 aromatic rings. The van der Waals surface area contributed by atoms with Gasteiger partial charge in [0, 0.05) is 18.9 Å². The molecule has 2 heteroatoms. The van der Waals surface area contributed by atoms with Crippen LogP contribution >= 0.6 is 0 Å². The van der Waals surface area contributed by atoms with Crippen LogP contribution in [0.15, 0.2) is 0 Å². The van der Waals surface area contributed by atoms with Crippen molar-refractivity contribution in [2.45, 2.75) is 52.9 Å². The van der Waals surface area contributed by atoms with Gasteiger partial charge in [-0.3, -0.25) is 4.79 Å². The first-order valence-corrected chi connectivity index (χ1v) is 6.92. The Kier molecular flexibility index (Phi) is 6.04. The monoisotopic (exact) mass is 225 g/mol. The second-order valence-electron chi connectivity index (χ2n) is 5.25. The van der Waals surface area contributed by atoms with E-state index in [1.807, 2.05) is 0 Å². The van der Waals surface area contributed by atoms with Gasteiger partial charge in [0.25, 0.3) is 0 Å². The molecule has 16 heavy (non-hydrogen) atoms. The topological polar surface area (TPSA) is 20.3 Å². The van der Waals surface area contributed by atoms with Gasteiger partial charge in [-0.2, -0.15) is 0 Å². The number of hydrogen-bond donors (Lipinski definition) is 0. The van der Waals surface area contributed by atoms with Crippen LogP contribution in [0.1, 0.15) is 52.9 Å². The molecule has 1 aliphatic rings.